The molecule has 0 atom stereocenters. The Morgan fingerprint density at radius 2 is 1.66 bits per heavy atom. The normalized spacial score (nSPS) is 10.6. The molecule has 13 nitrogen and oxygen atoms in total. The lowest BCUT2D eigenvalue weighted by molar-refractivity contribution is -0.394. The minimum atomic E-state index is -1.05. The Morgan fingerprint density at radius 3 is 2.32 bits per heavy atom. The second kappa shape index (κ2) is 12.5. The molecule has 0 unspecified atom stereocenters. The number of hydrazone groups is 1. The van der Waals surface area contributed by atoms with Gasteiger partial charge in [0, 0.05) is 11.8 Å². The molecule has 0 spiro atoms. The van der Waals surface area contributed by atoms with Crippen LogP contribution in [0.5, 0.6) is 17.2 Å². The van der Waals surface area contributed by atoms with E-state index in [4.69, 9.17) is 32.7 Å². The fraction of sp³-hybridized carbons (Fsp3) is 0.0870. The summed E-state index contributed by atoms with van der Waals surface area (Å²) in [5.74, 6) is -2.02. The van der Waals surface area contributed by atoms with Gasteiger partial charge in [0.05, 0.1) is 38.8 Å². The third kappa shape index (κ3) is 7.15. The van der Waals surface area contributed by atoms with Gasteiger partial charge in [0.2, 0.25) is 5.75 Å². The number of anilines is 1. The Kier molecular flexibility index (Phi) is 9.13. The van der Waals surface area contributed by atoms with Gasteiger partial charge in [-0.15, -0.1) is 0 Å². The standard InChI is InChI=1S/C23H17Cl2N5O8/c1-2-37-21-9-13(12-26-28-23(32)22(31)27-14-4-6-16(24)17(25)10-14)3-7-20(21)38-19-8-5-15(29(33)34)11-18(19)30(35)36/h3-12H,2H2,1H3,(H,27,31)(H,28,32)/b26-12+. The largest absolute Gasteiger partial charge is 0.490 e. The van der Waals surface area contributed by atoms with Crippen LogP contribution >= 0.6 is 23.2 Å². The zero-order valence-corrected chi connectivity index (χ0v) is 20.9. The van der Waals surface area contributed by atoms with Crippen molar-refractivity contribution in [3.63, 3.8) is 0 Å². The van der Waals surface area contributed by atoms with E-state index in [1.807, 2.05) is 0 Å². The number of carbonyl (C=O) groups excluding carboxylic acids is 2. The van der Waals surface area contributed by atoms with E-state index in [-0.39, 0.29) is 39.6 Å². The van der Waals surface area contributed by atoms with Crippen molar-refractivity contribution in [3.8, 4) is 17.2 Å². The highest BCUT2D eigenvalue weighted by Gasteiger charge is 2.22. The molecule has 0 bridgehead atoms. The van der Waals surface area contributed by atoms with Gasteiger partial charge < -0.3 is 14.8 Å². The Bertz CT molecular complexity index is 1450. The van der Waals surface area contributed by atoms with Gasteiger partial charge in [0.1, 0.15) is 0 Å². The molecule has 0 radical (unpaired) electrons. The van der Waals surface area contributed by atoms with E-state index in [0.29, 0.717) is 5.56 Å². The maximum absolute atomic E-state index is 12.0. The summed E-state index contributed by atoms with van der Waals surface area (Å²) in [6, 6.07) is 11.7. The maximum atomic E-state index is 12.0. The summed E-state index contributed by atoms with van der Waals surface area (Å²) in [4.78, 5) is 44.8. The first-order valence-electron chi connectivity index (χ1n) is 10.6. The van der Waals surface area contributed by atoms with Gasteiger partial charge in [0.15, 0.2) is 11.5 Å². The summed E-state index contributed by atoms with van der Waals surface area (Å²) >= 11 is 11.7. The van der Waals surface area contributed by atoms with Crippen molar-refractivity contribution in [2.45, 2.75) is 6.92 Å². The molecule has 2 N–H and O–H groups in total. The van der Waals surface area contributed by atoms with Crippen LogP contribution in [0.2, 0.25) is 10.0 Å². The molecule has 0 heterocycles. The van der Waals surface area contributed by atoms with Crippen LogP contribution in [-0.2, 0) is 9.59 Å². The number of amides is 2. The molecule has 15 heteroatoms. The quantitative estimate of drug-likeness (QED) is 0.157. The first kappa shape index (κ1) is 27.8. The van der Waals surface area contributed by atoms with Crippen molar-refractivity contribution in [1.29, 1.82) is 0 Å². The van der Waals surface area contributed by atoms with Gasteiger partial charge in [-0.2, -0.15) is 5.10 Å². The molecule has 3 aromatic carbocycles. The molecule has 0 aliphatic carbocycles. The number of benzene rings is 3. The molecule has 2 amide bonds. The first-order chi connectivity index (χ1) is 18.1. The molecule has 196 valence electrons. The zero-order chi connectivity index (χ0) is 27.8. The van der Waals surface area contributed by atoms with Gasteiger partial charge in [-0.05, 0) is 55.0 Å². The molecule has 0 aliphatic rings. The molecule has 3 rings (SSSR count). The number of carbonyl (C=O) groups is 2. The number of nitrogens with one attached hydrogen (secondary N) is 2. The molecular formula is C23H17Cl2N5O8. The van der Waals surface area contributed by atoms with Gasteiger partial charge in [-0.25, -0.2) is 5.43 Å². The van der Waals surface area contributed by atoms with E-state index < -0.39 is 33.0 Å². The van der Waals surface area contributed by atoms with Crippen LogP contribution in [0.15, 0.2) is 59.7 Å². The van der Waals surface area contributed by atoms with Crippen molar-refractivity contribution >= 4 is 58.3 Å². The molecule has 0 aliphatic heterocycles. The van der Waals surface area contributed by atoms with Crippen molar-refractivity contribution in [2.75, 3.05) is 11.9 Å². The number of rotatable bonds is 9. The smallest absolute Gasteiger partial charge is 0.329 e. The van der Waals surface area contributed by atoms with Crippen LogP contribution in [0.1, 0.15) is 12.5 Å². The van der Waals surface area contributed by atoms with E-state index in [0.717, 1.165) is 18.2 Å². The second-order valence-electron chi connectivity index (χ2n) is 7.19. The van der Waals surface area contributed by atoms with E-state index >= 15 is 0 Å². The summed E-state index contributed by atoms with van der Waals surface area (Å²) in [7, 11) is 0. The summed E-state index contributed by atoms with van der Waals surface area (Å²) < 4.78 is 11.1. The number of hydrogen-bond donors (Lipinski definition) is 2. The molecule has 0 aromatic heterocycles. The monoisotopic (exact) mass is 561 g/mol. The average molecular weight is 562 g/mol. The summed E-state index contributed by atoms with van der Waals surface area (Å²) in [6.07, 6.45) is 1.23. The number of nitro groups is 2. The Morgan fingerprint density at radius 1 is 0.921 bits per heavy atom. The second-order valence-corrected chi connectivity index (χ2v) is 8.00. The fourth-order valence-electron chi connectivity index (χ4n) is 2.90. The van der Waals surface area contributed by atoms with Gasteiger partial charge in [-0.3, -0.25) is 29.8 Å². The topological polar surface area (TPSA) is 175 Å². The third-order valence-electron chi connectivity index (χ3n) is 4.60. The molecule has 0 saturated heterocycles. The summed E-state index contributed by atoms with van der Waals surface area (Å²) in [6.45, 7) is 1.91. The van der Waals surface area contributed by atoms with E-state index in [9.17, 15) is 29.8 Å². The fourth-order valence-corrected chi connectivity index (χ4v) is 3.20. The van der Waals surface area contributed by atoms with E-state index in [1.165, 1.54) is 42.6 Å². The summed E-state index contributed by atoms with van der Waals surface area (Å²) in [5.41, 5.74) is 1.69. The van der Waals surface area contributed by atoms with Gasteiger partial charge in [-0.1, -0.05) is 23.2 Å². The molecule has 3 aromatic rings. The molecule has 38 heavy (non-hydrogen) atoms. The highest BCUT2D eigenvalue weighted by Crippen LogP contribution is 2.38. The van der Waals surface area contributed by atoms with Crippen LogP contribution in [-0.4, -0.2) is 34.5 Å². The molecular weight excluding hydrogens is 545 g/mol. The van der Waals surface area contributed by atoms with Crippen LogP contribution in [0.25, 0.3) is 0 Å². The Labute approximate surface area is 224 Å². The van der Waals surface area contributed by atoms with Crippen LogP contribution < -0.4 is 20.2 Å². The SMILES string of the molecule is CCOc1cc(/C=N/NC(=O)C(=O)Nc2ccc(Cl)c(Cl)c2)ccc1Oc1ccc([N+](=O)[O-])cc1[N+](=O)[O-]. The van der Waals surface area contributed by atoms with Crippen molar-refractivity contribution in [1.82, 2.24) is 5.43 Å². The average Bonchev–Trinajstić information content (AvgIpc) is 2.87. The number of ether oxygens (including phenoxy) is 2. The number of nitro benzene ring substituents is 2. The van der Waals surface area contributed by atoms with Crippen molar-refractivity contribution in [2.24, 2.45) is 5.10 Å². The van der Waals surface area contributed by atoms with E-state index in [2.05, 4.69) is 15.8 Å². The third-order valence-corrected chi connectivity index (χ3v) is 5.34. The van der Waals surface area contributed by atoms with Crippen LogP contribution in [0, 0.1) is 20.2 Å². The van der Waals surface area contributed by atoms with Gasteiger partial charge in [0.25, 0.3) is 5.69 Å². The van der Waals surface area contributed by atoms with E-state index in [1.54, 1.807) is 6.92 Å². The lowest BCUT2D eigenvalue weighted by Crippen LogP contribution is -2.32. The highest BCUT2D eigenvalue weighted by atomic mass is 35.5. The lowest BCUT2D eigenvalue weighted by atomic mass is 10.2. The van der Waals surface area contributed by atoms with Gasteiger partial charge >= 0.3 is 17.5 Å². The van der Waals surface area contributed by atoms with Crippen molar-refractivity contribution in [3.05, 3.63) is 90.4 Å². The number of non-ortho nitro benzene ring substituents is 1. The zero-order valence-electron chi connectivity index (χ0n) is 19.3. The minimum Gasteiger partial charge on any atom is -0.490 e. The van der Waals surface area contributed by atoms with Crippen LogP contribution in [0.4, 0.5) is 17.1 Å². The lowest BCUT2D eigenvalue weighted by Gasteiger charge is -2.12. The molecule has 0 fully saturated rings. The number of nitrogens with zero attached hydrogens (tertiary/aromatic N) is 3. The van der Waals surface area contributed by atoms with Crippen LogP contribution in [0.3, 0.4) is 0 Å². The Balaban J connectivity index is 1.72. The number of halogens is 2. The first-order valence-corrected chi connectivity index (χ1v) is 11.3. The summed E-state index contributed by atoms with van der Waals surface area (Å²) in [5, 5.41) is 28.9. The van der Waals surface area contributed by atoms with Crippen molar-refractivity contribution < 1.29 is 28.9 Å². The minimum absolute atomic E-state index is 0.0889. The predicted octanol–water partition coefficient (Wildman–Crippen LogP) is 5.09. The number of hydrogen-bond acceptors (Lipinski definition) is 9. The Hall–Kier alpha value is -4.75. The maximum Gasteiger partial charge on any atom is 0.329 e. The predicted molar refractivity (Wildman–Crippen MR) is 138 cm³/mol. The molecule has 0 saturated carbocycles. The highest BCUT2D eigenvalue weighted by molar-refractivity contribution is 6.43.